The number of anilines is 1. The third-order valence-corrected chi connectivity index (χ3v) is 2.34. The summed E-state index contributed by atoms with van der Waals surface area (Å²) in [5, 5.41) is 12.5. The molecule has 2 N–H and O–H groups in total. The van der Waals surface area contributed by atoms with Crippen LogP contribution < -0.4 is 5.32 Å². The Morgan fingerprint density at radius 2 is 2.19 bits per heavy atom. The topological polar surface area (TPSA) is 58.6 Å². The van der Waals surface area contributed by atoms with Crippen molar-refractivity contribution in [1.82, 2.24) is 0 Å². The minimum Gasteiger partial charge on any atom is -0.504 e. The predicted molar refractivity (Wildman–Crippen MR) is 63.2 cm³/mol. The molecule has 88 valence electrons. The van der Waals surface area contributed by atoms with Gasteiger partial charge in [0.05, 0.1) is 23.7 Å². The van der Waals surface area contributed by atoms with Crippen molar-refractivity contribution >= 4 is 34.8 Å². The zero-order valence-corrected chi connectivity index (χ0v) is 10.1. The maximum Gasteiger partial charge on any atom is 0.226 e. The summed E-state index contributed by atoms with van der Waals surface area (Å²) >= 11 is 11.4. The van der Waals surface area contributed by atoms with Gasteiger partial charge in [0.1, 0.15) is 0 Å². The van der Waals surface area contributed by atoms with E-state index in [1.165, 1.54) is 19.2 Å². The van der Waals surface area contributed by atoms with Gasteiger partial charge in [0.15, 0.2) is 5.75 Å². The van der Waals surface area contributed by atoms with E-state index in [4.69, 9.17) is 27.9 Å². The van der Waals surface area contributed by atoms with Gasteiger partial charge in [-0.3, -0.25) is 4.79 Å². The molecule has 0 saturated carbocycles. The van der Waals surface area contributed by atoms with Crippen molar-refractivity contribution in [3.63, 3.8) is 0 Å². The van der Waals surface area contributed by atoms with Crippen molar-refractivity contribution < 1.29 is 14.6 Å². The van der Waals surface area contributed by atoms with E-state index in [2.05, 4.69) is 5.32 Å². The fourth-order valence-corrected chi connectivity index (χ4v) is 1.56. The second-order valence-electron chi connectivity index (χ2n) is 3.07. The number of hydrogen-bond donors (Lipinski definition) is 2. The first kappa shape index (κ1) is 13.1. The molecule has 1 aromatic rings. The minimum absolute atomic E-state index is 0.0922. The van der Waals surface area contributed by atoms with Gasteiger partial charge in [-0.05, 0) is 12.1 Å². The molecule has 0 atom stereocenters. The predicted octanol–water partition coefficient (Wildman–Crippen LogP) is 2.67. The van der Waals surface area contributed by atoms with E-state index < -0.39 is 0 Å². The molecule has 0 heterocycles. The van der Waals surface area contributed by atoms with Gasteiger partial charge in [-0.1, -0.05) is 23.2 Å². The molecule has 0 saturated heterocycles. The number of aromatic hydroxyl groups is 1. The lowest BCUT2D eigenvalue weighted by Crippen LogP contribution is -2.13. The van der Waals surface area contributed by atoms with E-state index in [0.717, 1.165) is 0 Å². The van der Waals surface area contributed by atoms with Crippen LogP contribution in [-0.4, -0.2) is 24.7 Å². The third kappa shape index (κ3) is 3.56. The first-order chi connectivity index (χ1) is 7.54. The molecule has 0 spiro atoms. The van der Waals surface area contributed by atoms with E-state index in [9.17, 15) is 9.90 Å². The number of methoxy groups -OCH3 is 1. The van der Waals surface area contributed by atoms with Crippen LogP contribution in [0.1, 0.15) is 6.42 Å². The normalized spacial score (nSPS) is 10.2. The summed E-state index contributed by atoms with van der Waals surface area (Å²) in [5.74, 6) is -0.479. The van der Waals surface area contributed by atoms with Crippen LogP contribution in [0, 0.1) is 0 Å². The van der Waals surface area contributed by atoms with E-state index in [1.54, 1.807) is 0 Å². The lowest BCUT2D eigenvalue weighted by atomic mass is 10.2. The zero-order valence-electron chi connectivity index (χ0n) is 8.59. The summed E-state index contributed by atoms with van der Waals surface area (Å²) < 4.78 is 4.75. The largest absolute Gasteiger partial charge is 0.504 e. The van der Waals surface area contributed by atoms with Crippen molar-refractivity contribution in [3.05, 3.63) is 22.2 Å². The molecule has 0 aliphatic heterocycles. The Labute approximate surface area is 103 Å². The number of carbonyl (C=O) groups is 1. The summed E-state index contributed by atoms with van der Waals surface area (Å²) in [6.07, 6.45) is 0.195. The van der Waals surface area contributed by atoms with Gasteiger partial charge < -0.3 is 15.2 Å². The zero-order chi connectivity index (χ0) is 12.1. The minimum atomic E-state index is -0.282. The van der Waals surface area contributed by atoms with Crippen LogP contribution >= 0.6 is 23.2 Å². The third-order valence-electron chi connectivity index (χ3n) is 1.84. The van der Waals surface area contributed by atoms with Crippen molar-refractivity contribution in [2.24, 2.45) is 0 Å². The number of halogens is 2. The molecular weight excluding hydrogens is 253 g/mol. The number of phenols is 1. The summed E-state index contributed by atoms with van der Waals surface area (Å²) in [6, 6.07) is 2.82. The SMILES string of the molecule is COCCC(=O)Nc1cc(Cl)cc(Cl)c1O. The fourth-order valence-electron chi connectivity index (χ4n) is 1.07. The fraction of sp³-hybridized carbons (Fsp3) is 0.300. The summed E-state index contributed by atoms with van der Waals surface area (Å²) in [5.41, 5.74) is 0.193. The van der Waals surface area contributed by atoms with Crippen molar-refractivity contribution in [2.75, 3.05) is 19.0 Å². The maximum atomic E-state index is 11.4. The monoisotopic (exact) mass is 263 g/mol. The van der Waals surface area contributed by atoms with Gasteiger partial charge in [0.25, 0.3) is 0 Å². The second kappa shape index (κ2) is 5.94. The van der Waals surface area contributed by atoms with Crippen LogP contribution in [0.25, 0.3) is 0 Å². The Morgan fingerprint density at radius 1 is 1.50 bits per heavy atom. The van der Waals surface area contributed by atoms with Crippen LogP contribution in [0.3, 0.4) is 0 Å². The Bertz CT molecular complexity index is 396. The first-order valence-corrected chi connectivity index (χ1v) is 5.27. The summed E-state index contributed by atoms with van der Waals surface area (Å²) in [4.78, 5) is 11.4. The van der Waals surface area contributed by atoms with Gasteiger partial charge >= 0.3 is 0 Å². The Kier molecular flexibility index (Phi) is 4.86. The Hall–Kier alpha value is -0.970. The number of carbonyl (C=O) groups excluding carboxylic acids is 1. The average Bonchev–Trinajstić information content (AvgIpc) is 2.22. The van der Waals surface area contributed by atoms with E-state index in [-0.39, 0.29) is 28.8 Å². The molecule has 0 bridgehead atoms. The van der Waals surface area contributed by atoms with Crippen LogP contribution in [0.2, 0.25) is 10.0 Å². The van der Waals surface area contributed by atoms with Crippen molar-refractivity contribution in [1.29, 1.82) is 0 Å². The second-order valence-corrected chi connectivity index (χ2v) is 3.92. The molecule has 1 amide bonds. The van der Waals surface area contributed by atoms with E-state index in [1.807, 2.05) is 0 Å². The number of rotatable bonds is 4. The van der Waals surface area contributed by atoms with Crippen LogP contribution in [0.15, 0.2) is 12.1 Å². The Morgan fingerprint density at radius 3 is 2.81 bits per heavy atom. The highest BCUT2D eigenvalue weighted by molar-refractivity contribution is 6.36. The number of ether oxygens (including phenoxy) is 1. The highest BCUT2D eigenvalue weighted by atomic mass is 35.5. The molecule has 0 radical (unpaired) electrons. The molecule has 6 heteroatoms. The van der Waals surface area contributed by atoms with Gasteiger partial charge in [0, 0.05) is 12.1 Å². The molecule has 4 nitrogen and oxygen atoms in total. The smallest absolute Gasteiger partial charge is 0.226 e. The first-order valence-electron chi connectivity index (χ1n) is 4.51. The van der Waals surface area contributed by atoms with Crippen LogP contribution in [-0.2, 0) is 9.53 Å². The molecule has 16 heavy (non-hydrogen) atoms. The molecule has 0 fully saturated rings. The number of hydrogen-bond acceptors (Lipinski definition) is 3. The highest BCUT2D eigenvalue weighted by Gasteiger charge is 2.10. The molecule has 0 aliphatic rings. The number of phenolic OH excluding ortho intramolecular Hbond substituents is 1. The molecule has 0 aromatic heterocycles. The summed E-state index contributed by atoms with van der Waals surface area (Å²) in [6.45, 7) is 0.306. The molecule has 0 aliphatic carbocycles. The quantitative estimate of drug-likeness (QED) is 0.822. The van der Waals surface area contributed by atoms with Crippen molar-refractivity contribution in [3.8, 4) is 5.75 Å². The van der Waals surface area contributed by atoms with Gasteiger partial charge in [0.2, 0.25) is 5.91 Å². The molecule has 1 rings (SSSR count). The van der Waals surface area contributed by atoms with Gasteiger partial charge in [-0.2, -0.15) is 0 Å². The van der Waals surface area contributed by atoms with E-state index in [0.29, 0.717) is 11.6 Å². The Balaban J connectivity index is 2.77. The standard InChI is InChI=1S/C10H11Cl2NO3/c1-16-3-2-9(14)13-8-5-6(11)4-7(12)10(8)15/h4-5,15H,2-3H2,1H3,(H,13,14). The van der Waals surface area contributed by atoms with Crippen LogP contribution in [0.4, 0.5) is 5.69 Å². The average molecular weight is 264 g/mol. The lowest BCUT2D eigenvalue weighted by Gasteiger charge is -2.08. The van der Waals surface area contributed by atoms with Gasteiger partial charge in [-0.15, -0.1) is 0 Å². The van der Waals surface area contributed by atoms with Crippen molar-refractivity contribution in [2.45, 2.75) is 6.42 Å². The number of amides is 1. The molecule has 0 unspecified atom stereocenters. The number of nitrogens with one attached hydrogen (secondary N) is 1. The maximum absolute atomic E-state index is 11.4. The van der Waals surface area contributed by atoms with E-state index >= 15 is 0 Å². The molecule has 1 aromatic carbocycles. The van der Waals surface area contributed by atoms with Crippen LogP contribution in [0.5, 0.6) is 5.75 Å². The molecular formula is C10H11Cl2NO3. The summed E-state index contributed by atoms with van der Waals surface area (Å²) in [7, 11) is 1.50. The highest BCUT2D eigenvalue weighted by Crippen LogP contribution is 2.34. The lowest BCUT2D eigenvalue weighted by molar-refractivity contribution is -0.117. The van der Waals surface area contributed by atoms with Gasteiger partial charge in [-0.25, -0.2) is 0 Å². The number of benzene rings is 1.